The molecule has 0 bridgehead atoms. The first-order valence-electron chi connectivity index (χ1n) is 10.1. The van der Waals surface area contributed by atoms with E-state index < -0.39 is 0 Å². The van der Waals surface area contributed by atoms with Crippen molar-refractivity contribution in [3.63, 3.8) is 0 Å². The van der Waals surface area contributed by atoms with Crippen LogP contribution in [0.2, 0.25) is 0 Å². The van der Waals surface area contributed by atoms with E-state index in [1.165, 1.54) is 16.3 Å². The number of rotatable bonds is 7. The van der Waals surface area contributed by atoms with Gasteiger partial charge in [-0.05, 0) is 31.2 Å². The lowest BCUT2D eigenvalue weighted by molar-refractivity contribution is -0.131. The van der Waals surface area contributed by atoms with Gasteiger partial charge in [-0.1, -0.05) is 30.3 Å². The number of aryl methyl sites for hydroxylation is 2. The molecule has 1 aliphatic heterocycles. The molecule has 5 nitrogen and oxygen atoms in total. The van der Waals surface area contributed by atoms with E-state index >= 15 is 0 Å². The number of hydrogen-bond donors (Lipinski definition) is 1. The van der Waals surface area contributed by atoms with Crippen LogP contribution in [0.3, 0.4) is 0 Å². The van der Waals surface area contributed by atoms with Crippen molar-refractivity contribution in [2.24, 2.45) is 0 Å². The second-order valence-electron chi connectivity index (χ2n) is 7.50. The predicted octanol–water partition coefficient (Wildman–Crippen LogP) is 4.34. The number of hydrogen-bond acceptors (Lipinski definition) is 4. The second-order valence-corrected chi connectivity index (χ2v) is 8.66. The zero-order valence-electron chi connectivity index (χ0n) is 16.3. The molecule has 1 fully saturated rings. The van der Waals surface area contributed by atoms with Crippen LogP contribution >= 0.6 is 22.9 Å². The number of aromatic nitrogens is 3. The first-order valence-corrected chi connectivity index (χ1v) is 11.5. The molecule has 0 radical (unpaired) electrons. The Balaban J connectivity index is 1.27. The molecule has 1 aromatic carbocycles. The fraction of sp³-hybridized carbons (Fsp3) is 0.409. The monoisotopic (exact) mass is 428 g/mol. The highest BCUT2D eigenvalue weighted by molar-refractivity contribution is 7.09. The number of halogens is 1. The lowest BCUT2D eigenvalue weighted by Gasteiger charge is -2.31. The fourth-order valence-corrected chi connectivity index (χ4v) is 5.06. The molecule has 0 unspecified atom stereocenters. The largest absolute Gasteiger partial charge is 0.342 e. The Labute approximate surface area is 180 Å². The maximum absolute atomic E-state index is 12.6. The van der Waals surface area contributed by atoms with Crippen LogP contribution in [0.5, 0.6) is 0 Å². The smallest absolute Gasteiger partial charge is 0.227 e. The molecule has 29 heavy (non-hydrogen) atoms. The Morgan fingerprint density at radius 3 is 2.76 bits per heavy atom. The van der Waals surface area contributed by atoms with Gasteiger partial charge in [0.25, 0.3) is 0 Å². The standard InChI is InChI=1S/C22H25ClN4OS/c23-13-20-18(14-24-26-20)12-21(28)27-10-8-17(9-11-27)22-25-19(15-29-22)7-6-16-4-2-1-3-5-16/h1-5,14-15,17H,6-13H2,(H,24,26). The number of benzene rings is 1. The SMILES string of the molecule is O=C(Cc1cn[nH]c1CCl)N1CCC(c2nc(CCc3ccccc3)cs2)CC1. The molecule has 1 aliphatic rings. The van der Waals surface area contributed by atoms with Crippen LogP contribution in [0.4, 0.5) is 0 Å². The van der Waals surface area contributed by atoms with E-state index in [2.05, 4.69) is 39.8 Å². The number of amides is 1. The lowest BCUT2D eigenvalue weighted by atomic mass is 9.97. The summed E-state index contributed by atoms with van der Waals surface area (Å²) in [6.07, 6.45) is 6.02. The van der Waals surface area contributed by atoms with Gasteiger partial charge in [0.15, 0.2) is 0 Å². The first kappa shape index (κ1) is 20.1. The highest BCUT2D eigenvalue weighted by Gasteiger charge is 2.26. The van der Waals surface area contributed by atoms with Gasteiger partial charge in [0.2, 0.25) is 5.91 Å². The molecule has 2 aromatic heterocycles. The number of thiazole rings is 1. The molecular formula is C22H25ClN4OS. The van der Waals surface area contributed by atoms with Gasteiger partial charge in [0.1, 0.15) is 0 Å². The third-order valence-electron chi connectivity index (χ3n) is 5.56. The van der Waals surface area contributed by atoms with Gasteiger partial charge in [0, 0.05) is 30.0 Å². The van der Waals surface area contributed by atoms with Crippen LogP contribution in [0.15, 0.2) is 41.9 Å². The number of carbonyl (C=O) groups excluding carboxylic acids is 1. The summed E-state index contributed by atoms with van der Waals surface area (Å²) in [5.41, 5.74) is 4.26. The lowest BCUT2D eigenvalue weighted by Crippen LogP contribution is -2.38. The average Bonchev–Trinajstić information content (AvgIpc) is 3.42. The number of nitrogens with one attached hydrogen (secondary N) is 1. The van der Waals surface area contributed by atoms with E-state index in [1.807, 2.05) is 11.0 Å². The summed E-state index contributed by atoms with van der Waals surface area (Å²) in [6, 6.07) is 10.5. The van der Waals surface area contributed by atoms with Crippen molar-refractivity contribution in [1.29, 1.82) is 0 Å². The molecule has 4 rings (SSSR count). The molecule has 152 valence electrons. The van der Waals surface area contributed by atoms with E-state index in [1.54, 1.807) is 17.5 Å². The van der Waals surface area contributed by atoms with Gasteiger partial charge in [-0.2, -0.15) is 5.10 Å². The Hall–Kier alpha value is -2.18. The summed E-state index contributed by atoms with van der Waals surface area (Å²) in [5, 5.41) is 10.3. The van der Waals surface area contributed by atoms with Gasteiger partial charge >= 0.3 is 0 Å². The van der Waals surface area contributed by atoms with Gasteiger partial charge < -0.3 is 4.90 Å². The molecule has 1 amide bonds. The van der Waals surface area contributed by atoms with Crippen molar-refractivity contribution in [2.75, 3.05) is 13.1 Å². The van der Waals surface area contributed by atoms with Gasteiger partial charge in [-0.15, -0.1) is 22.9 Å². The maximum Gasteiger partial charge on any atom is 0.227 e. The quantitative estimate of drug-likeness (QED) is 0.569. The molecule has 0 saturated carbocycles. The maximum atomic E-state index is 12.6. The minimum absolute atomic E-state index is 0.152. The summed E-state index contributed by atoms with van der Waals surface area (Å²) in [6.45, 7) is 1.58. The van der Waals surface area contributed by atoms with Crippen LogP contribution in [-0.4, -0.2) is 39.1 Å². The first-order chi connectivity index (χ1) is 14.2. The zero-order chi connectivity index (χ0) is 20.1. The Morgan fingerprint density at radius 1 is 1.21 bits per heavy atom. The third-order valence-corrected chi connectivity index (χ3v) is 6.89. The molecule has 0 spiro atoms. The molecule has 1 N–H and O–H groups in total. The van der Waals surface area contributed by atoms with Crippen molar-refractivity contribution in [2.45, 2.75) is 43.9 Å². The molecular weight excluding hydrogens is 404 g/mol. The zero-order valence-corrected chi connectivity index (χ0v) is 17.9. The van der Waals surface area contributed by atoms with E-state index in [0.717, 1.165) is 50.0 Å². The topological polar surface area (TPSA) is 61.9 Å². The van der Waals surface area contributed by atoms with Crippen LogP contribution < -0.4 is 0 Å². The second kappa shape index (κ2) is 9.55. The summed E-state index contributed by atoms with van der Waals surface area (Å²) in [7, 11) is 0. The van der Waals surface area contributed by atoms with Crippen LogP contribution in [0.25, 0.3) is 0 Å². The summed E-state index contributed by atoms with van der Waals surface area (Å²) < 4.78 is 0. The number of aromatic amines is 1. The molecule has 3 heterocycles. The summed E-state index contributed by atoms with van der Waals surface area (Å²) in [4.78, 5) is 19.5. The molecule has 3 aromatic rings. The fourth-order valence-electron chi connectivity index (χ4n) is 3.80. The van der Waals surface area contributed by atoms with Crippen molar-refractivity contribution in [3.05, 3.63) is 69.4 Å². The van der Waals surface area contributed by atoms with E-state index in [0.29, 0.717) is 18.2 Å². The molecule has 0 aliphatic carbocycles. The van der Waals surface area contributed by atoms with Crippen molar-refractivity contribution < 1.29 is 4.79 Å². The van der Waals surface area contributed by atoms with Gasteiger partial charge in [-0.3, -0.25) is 9.89 Å². The number of piperidine rings is 1. The molecule has 1 saturated heterocycles. The number of nitrogens with zero attached hydrogens (tertiary/aromatic N) is 3. The number of carbonyl (C=O) groups is 1. The predicted molar refractivity (Wildman–Crippen MR) is 116 cm³/mol. The summed E-state index contributed by atoms with van der Waals surface area (Å²) >= 11 is 7.65. The number of likely N-dealkylation sites (tertiary alicyclic amines) is 1. The van der Waals surface area contributed by atoms with Crippen molar-refractivity contribution >= 4 is 28.8 Å². The minimum atomic E-state index is 0.152. The van der Waals surface area contributed by atoms with Crippen LogP contribution in [0.1, 0.15) is 46.3 Å². The van der Waals surface area contributed by atoms with Gasteiger partial charge in [0.05, 0.1) is 34.9 Å². The van der Waals surface area contributed by atoms with E-state index in [9.17, 15) is 4.79 Å². The van der Waals surface area contributed by atoms with Crippen molar-refractivity contribution in [1.82, 2.24) is 20.1 Å². The highest BCUT2D eigenvalue weighted by Crippen LogP contribution is 2.31. The summed E-state index contributed by atoms with van der Waals surface area (Å²) in [5.74, 6) is 0.960. The van der Waals surface area contributed by atoms with Gasteiger partial charge in [-0.25, -0.2) is 4.98 Å². The Morgan fingerprint density at radius 2 is 2.00 bits per heavy atom. The highest BCUT2D eigenvalue weighted by atomic mass is 35.5. The third kappa shape index (κ3) is 5.06. The molecule has 7 heteroatoms. The Kier molecular flexibility index (Phi) is 6.62. The molecule has 0 atom stereocenters. The van der Waals surface area contributed by atoms with E-state index in [-0.39, 0.29) is 5.91 Å². The van der Waals surface area contributed by atoms with Crippen LogP contribution in [-0.2, 0) is 29.9 Å². The number of alkyl halides is 1. The average molecular weight is 429 g/mol. The van der Waals surface area contributed by atoms with Crippen molar-refractivity contribution in [3.8, 4) is 0 Å². The van der Waals surface area contributed by atoms with Crippen LogP contribution in [0, 0.1) is 0 Å². The van der Waals surface area contributed by atoms with E-state index in [4.69, 9.17) is 16.6 Å². The normalized spacial score (nSPS) is 15.0. The Bertz CT molecular complexity index is 931. The minimum Gasteiger partial charge on any atom is -0.342 e. The number of H-pyrrole nitrogens is 1.